The highest BCUT2D eigenvalue weighted by Crippen LogP contribution is 2.31. The van der Waals surface area contributed by atoms with E-state index in [-0.39, 0.29) is 6.79 Å². The average molecular weight is 221 g/mol. The lowest BCUT2D eigenvalue weighted by Crippen LogP contribution is -2.02. The summed E-state index contributed by atoms with van der Waals surface area (Å²) in [5.74, 6) is 0.544. The SMILES string of the molecule is CCOCOc1cccc(Cl)c1Cl. The Labute approximate surface area is 87.4 Å². The molecule has 0 radical (unpaired) electrons. The molecule has 0 spiro atoms. The van der Waals surface area contributed by atoms with Gasteiger partial charge in [0.2, 0.25) is 0 Å². The molecule has 2 nitrogen and oxygen atoms in total. The van der Waals surface area contributed by atoms with Crippen LogP contribution in [0.2, 0.25) is 10.0 Å². The predicted molar refractivity (Wildman–Crippen MR) is 53.6 cm³/mol. The van der Waals surface area contributed by atoms with Crippen LogP contribution in [-0.4, -0.2) is 13.4 Å². The Morgan fingerprint density at radius 3 is 2.77 bits per heavy atom. The summed E-state index contributed by atoms with van der Waals surface area (Å²) in [5, 5.41) is 0.902. The summed E-state index contributed by atoms with van der Waals surface area (Å²) in [4.78, 5) is 0. The molecular weight excluding hydrogens is 211 g/mol. The van der Waals surface area contributed by atoms with Gasteiger partial charge in [0.25, 0.3) is 0 Å². The molecule has 1 aromatic carbocycles. The number of benzene rings is 1. The average Bonchev–Trinajstić information content (AvgIpc) is 2.13. The number of halogens is 2. The van der Waals surface area contributed by atoms with Crippen molar-refractivity contribution in [2.24, 2.45) is 0 Å². The molecule has 13 heavy (non-hydrogen) atoms. The van der Waals surface area contributed by atoms with E-state index in [9.17, 15) is 0 Å². The van der Waals surface area contributed by atoms with Crippen molar-refractivity contribution in [3.05, 3.63) is 28.2 Å². The third-order valence-electron chi connectivity index (χ3n) is 1.42. The van der Waals surface area contributed by atoms with Crippen molar-refractivity contribution in [3.8, 4) is 5.75 Å². The summed E-state index contributed by atoms with van der Waals surface area (Å²) in [5.41, 5.74) is 0. The van der Waals surface area contributed by atoms with Gasteiger partial charge in [0.05, 0.1) is 5.02 Å². The zero-order valence-corrected chi connectivity index (χ0v) is 8.73. The summed E-state index contributed by atoms with van der Waals surface area (Å²) in [6.07, 6.45) is 0. The quantitative estimate of drug-likeness (QED) is 0.573. The Morgan fingerprint density at radius 2 is 2.08 bits per heavy atom. The smallest absolute Gasteiger partial charge is 0.189 e. The van der Waals surface area contributed by atoms with Gasteiger partial charge in [-0.1, -0.05) is 29.3 Å². The lowest BCUT2D eigenvalue weighted by atomic mass is 10.3. The third-order valence-corrected chi connectivity index (χ3v) is 2.22. The fourth-order valence-corrected chi connectivity index (χ4v) is 1.13. The molecule has 0 aliphatic heterocycles. The van der Waals surface area contributed by atoms with Gasteiger partial charge in [0, 0.05) is 6.61 Å². The fraction of sp³-hybridized carbons (Fsp3) is 0.333. The first-order valence-electron chi connectivity index (χ1n) is 3.90. The first kappa shape index (κ1) is 10.6. The second-order valence-electron chi connectivity index (χ2n) is 2.31. The molecule has 0 saturated carbocycles. The van der Waals surface area contributed by atoms with E-state index in [1.54, 1.807) is 18.2 Å². The van der Waals surface area contributed by atoms with Gasteiger partial charge < -0.3 is 9.47 Å². The van der Waals surface area contributed by atoms with Crippen molar-refractivity contribution in [2.75, 3.05) is 13.4 Å². The van der Waals surface area contributed by atoms with Crippen LogP contribution in [0.5, 0.6) is 5.75 Å². The van der Waals surface area contributed by atoms with Crippen LogP contribution < -0.4 is 4.74 Å². The molecule has 0 unspecified atom stereocenters. The predicted octanol–water partition coefficient (Wildman–Crippen LogP) is 3.37. The van der Waals surface area contributed by atoms with Crippen LogP contribution in [0.1, 0.15) is 6.92 Å². The highest BCUT2D eigenvalue weighted by atomic mass is 35.5. The van der Waals surface area contributed by atoms with E-state index in [1.807, 2.05) is 6.92 Å². The summed E-state index contributed by atoms with van der Waals surface area (Å²) in [6, 6.07) is 5.22. The Balaban J connectivity index is 2.61. The molecule has 72 valence electrons. The fourth-order valence-electron chi connectivity index (χ4n) is 0.784. The molecule has 0 atom stereocenters. The van der Waals surface area contributed by atoms with Crippen molar-refractivity contribution < 1.29 is 9.47 Å². The number of rotatable bonds is 4. The molecule has 0 fully saturated rings. The first-order chi connectivity index (χ1) is 6.25. The summed E-state index contributed by atoms with van der Waals surface area (Å²) in [7, 11) is 0. The maximum Gasteiger partial charge on any atom is 0.189 e. The first-order valence-corrected chi connectivity index (χ1v) is 4.66. The number of hydrogen-bond acceptors (Lipinski definition) is 2. The van der Waals surface area contributed by atoms with Gasteiger partial charge >= 0.3 is 0 Å². The highest BCUT2D eigenvalue weighted by Gasteiger charge is 2.04. The second kappa shape index (κ2) is 5.32. The molecule has 0 N–H and O–H groups in total. The van der Waals surface area contributed by atoms with Gasteiger partial charge in [0.1, 0.15) is 10.8 Å². The Hall–Kier alpha value is -0.440. The van der Waals surface area contributed by atoms with E-state index in [2.05, 4.69) is 0 Å². The van der Waals surface area contributed by atoms with Crippen LogP contribution in [0.4, 0.5) is 0 Å². The van der Waals surface area contributed by atoms with Gasteiger partial charge in [-0.25, -0.2) is 0 Å². The maximum atomic E-state index is 5.86. The molecule has 1 aromatic rings. The normalized spacial score (nSPS) is 10.1. The standard InChI is InChI=1S/C9H10Cl2O2/c1-2-12-6-13-8-5-3-4-7(10)9(8)11/h3-5H,2,6H2,1H3. The van der Waals surface area contributed by atoms with Crippen LogP contribution in [0.3, 0.4) is 0 Å². The van der Waals surface area contributed by atoms with E-state index < -0.39 is 0 Å². The van der Waals surface area contributed by atoms with E-state index >= 15 is 0 Å². The molecule has 0 amide bonds. The zero-order valence-electron chi connectivity index (χ0n) is 7.22. The number of hydrogen-bond donors (Lipinski definition) is 0. The Kier molecular flexibility index (Phi) is 4.36. The molecule has 0 saturated heterocycles. The third kappa shape index (κ3) is 3.07. The molecule has 0 aromatic heterocycles. The van der Waals surface area contributed by atoms with Crippen molar-refractivity contribution in [2.45, 2.75) is 6.92 Å². The largest absolute Gasteiger partial charge is 0.466 e. The maximum absolute atomic E-state index is 5.86. The van der Waals surface area contributed by atoms with Crippen molar-refractivity contribution in [1.82, 2.24) is 0 Å². The minimum atomic E-state index is 0.191. The van der Waals surface area contributed by atoms with E-state index in [4.69, 9.17) is 32.7 Å². The van der Waals surface area contributed by atoms with Gasteiger partial charge in [-0.2, -0.15) is 0 Å². The highest BCUT2D eigenvalue weighted by molar-refractivity contribution is 6.42. The molecule has 0 aliphatic rings. The van der Waals surface area contributed by atoms with Crippen LogP contribution in [0.15, 0.2) is 18.2 Å². The molecule has 0 bridgehead atoms. The van der Waals surface area contributed by atoms with Crippen molar-refractivity contribution in [1.29, 1.82) is 0 Å². The Bertz CT molecular complexity index is 276. The molecule has 0 heterocycles. The van der Waals surface area contributed by atoms with E-state index in [1.165, 1.54) is 0 Å². The van der Waals surface area contributed by atoms with Crippen LogP contribution in [-0.2, 0) is 4.74 Å². The molecule has 1 rings (SSSR count). The lowest BCUT2D eigenvalue weighted by molar-refractivity contribution is 0.0225. The molecule has 4 heteroatoms. The summed E-state index contributed by atoms with van der Waals surface area (Å²) >= 11 is 11.6. The van der Waals surface area contributed by atoms with E-state index in [0.29, 0.717) is 22.4 Å². The minimum Gasteiger partial charge on any atom is -0.466 e. The minimum absolute atomic E-state index is 0.191. The zero-order chi connectivity index (χ0) is 9.68. The molecule has 0 aliphatic carbocycles. The number of ether oxygens (including phenoxy) is 2. The van der Waals surface area contributed by atoms with Crippen LogP contribution >= 0.6 is 23.2 Å². The van der Waals surface area contributed by atoms with Crippen LogP contribution in [0.25, 0.3) is 0 Å². The monoisotopic (exact) mass is 220 g/mol. The summed E-state index contributed by atoms with van der Waals surface area (Å²) < 4.78 is 10.2. The van der Waals surface area contributed by atoms with Gasteiger partial charge in [0.15, 0.2) is 6.79 Å². The van der Waals surface area contributed by atoms with Crippen molar-refractivity contribution in [3.63, 3.8) is 0 Å². The van der Waals surface area contributed by atoms with Gasteiger partial charge in [-0.15, -0.1) is 0 Å². The van der Waals surface area contributed by atoms with Crippen molar-refractivity contribution >= 4 is 23.2 Å². The van der Waals surface area contributed by atoms with E-state index in [0.717, 1.165) is 0 Å². The second-order valence-corrected chi connectivity index (χ2v) is 3.09. The Morgan fingerprint density at radius 1 is 1.31 bits per heavy atom. The topological polar surface area (TPSA) is 18.5 Å². The molecular formula is C9H10Cl2O2. The lowest BCUT2D eigenvalue weighted by Gasteiger charge is -2.07. The van der Waals surface area contributed by atoms with Gasteiger partial charge in [-0.3, -0.25) is 0 Å². The van der Waals surface area contributed by atoms with Gasteiger partial charge in [-0.05, 0) is 19.1 Å². The summed E-state index contributed by atoms with van der Waals surface area (Å²) in [6.45, 7) is 2.69. The van der Waals surface area contributed by atoms with Crippen LogP contribution in [0, 0.1) is 0 Å².